The van der Waals surface area contributed by atoms with Gasteiger partial charge in [-0.2, -0.15) is 0 Å². The predicted molar refractivity (Wildman–Crippen MR) is 89.6 cm³/mol. The minimum absolute atomic E-state index is 0.120. The van der Waals surface area contributed by atoms with Crippen LogP contribution < -0.4 is 0 Å². The smallest absolute Gasteiger partial charge is 0.333 e. The Hall–Kier alpha value is -1.85. The predicted octanol–water partition coefficient (Wildman–Crippen LogP) is 3.24. The first kappa shape index (κ1) is 16.0. The summed E-state index contributed by atoms with van der Waals surface area (Å²) < 4.78 is 4.92. The van der Waals surface area contributed by atoms with Gasteiger partial charge in [-0.05, 0) is 35.1 Å². The fourth-order valence-corrected chi connectivity index (χ4v) is 3.96. The zero-order chi connectivity index (χ0) is 16.4. The van der Waals surface area contributed by atoms with Gasteiger partial charge in [0.2, 0.25) is 5.91 Å². The molecule has 1 aromatic carbocycles. The zero-order valence-electron chi connectivity index (χ0n) is 12.6. The lowest BCUT2D eigenvalue weighted by atomic mass is 9.99. The fourth-order valence-electron chi connectivity index (χ4n) is 2.86. The first-order chi connectivity index (χ1) is 11.1. The molecule has 1 aromatic heterocycles. The van der Waals surface area contributed by atoms with Gasteiger partial charge in [0.05, 0.1) is 13.5 Å². The molecule has 23 heavy (non-hydrogen) atoms. The molecule has 1 aliphatic rings. The number of carbonyl (C=O) groups is 2. The third-order valence-electron chi connectivity index (χ3n) is 4.01. The highest BCUT2D eigenvalue weighted by Crippen LogP contribution is 2.34. The summed E-state index contributed by atoms with van der Waals surface area (Å²) >= 11 is 7.75. The number of hydrogen-bond donors (Lipinski definition) is 0. The van der Waals surface area contributed by atoms with E-state index >= 15 is 0 Å². The maximum Gasteiger partial charge on any atom is 0.333 e. The Morgan fingerprint density at radius 2 is 2.13 bits per heavy atom. The normalized spacial score (nSPS) is 16.8. The van der Waals surface area contributed by atoms with E-state index in [0.29, 0.717) is 11.6 Å². The molecule has 1 amide bonds. The van der Waals surface area contributed by atoms with Crippen molar-refractivity contribution in [3.05, 3.63) is 56.7 Å². The number of carbonyl (C=O) groups excluding carboxylic acids is 2. The van der Waals surface area contributed by atoms with Gasteiger partial charge in [0, 0.05) is 16.4 Å². The minimum Gasteiger partial charge on any atom is -0.467 e. The van der Waals surface area contributed by atoms with Crippen LogP contribution in [0.15, 0.2) is 35.7 Å². The van der Waals surface area contributed by atoms with Crippen LogP contribution in [0.1, 0.15) is 22.0 Å². The fraction of sp³-hybridized carbons (Fsp3) is 0.294. The number of amides is 1. The SMILES string of the molecule is COC(=O)C1c2ccsc2CCN1C(=O)Cc1ccccc1Cl. The molecule has 0 spiro atoms. The van der Waals surface area contributed by atoms with Crippen LogP contribution in [0.4, 0.5) is 0 Å². The summed E-state index contributed by atoms with van der Waals surface area (Å²) in [5.41, 5.74) is 1.64. The van der Waals surface area contributed by atoms with E-state index in [4.69, 9.17) is 16.3 Å². The van der Waals surface area contributed by atoms with Gasteiger partial charge in [-0.25, -0.2) is 4.79 Å². The zero-order valence-corrected chi connectivity index (χ0v) is 14.2. The van der Waals surface area contributed by atoms with Gasteiger partial charge in [-0.1, -0.05) is 29.8 Å². The second-order valence-electron chi connectivity index (χ2n) is 5.33. The van der Waals surface area contributed by atoms with Crippen LogP contribution in [-0.4, -0.2) is 30.4 Å². The summed E-state index contributed by atoms with van der Waals surface area (Å²) in [6.45, 7) is 0.510. The summed E-state index contributed by atoms with van der Waals surface area (Å²) in [5, 5.41) is 2.51. The number of hydrogen-bond acceptors (Lipinski definition) is 4. The van der Waals surface area contributed by atoms with Crippen LogP contribution in [0.5, 0.6) is 0 Å². The van der Waals surface area contributed by atoms with Gasteiger partial charge >= 0.3 is 5.97 Å². The van der Waals surface area contributed by atoms with Gasteiger partial charge in [0.15, 0.2) is 6.04 Å². The van der Waals surface area contributed by atoms with E-state index < -0.39 is 12.0 Å². The van der Waals surface area contributed by atoms with Crippen molar-refractivity contribution in [2.75, 3.05) is 13.7 Å². The summed E-state index contributed by atoms with van der Waals surface area (Å²) in [6, 6.07) is 8.50. The van der Waals surface area contributed by atoms with E-state index in [-0.39, 0.29) is 12.3 Å². The van der Waals surface area contributed by atoms with Crippen molar-refractivity contribution in [2.45, 2.75) is 18.9 Å². The van der Waals surface area contributed by atoms with Gasteiger partial charge in [-0.3, -0.25) is 4.79 Å². The van der Waals surface area contributed by atoms with Crippen LogP contribution in [0, 0.1) is 0 Å². The van der Waals surface area contributed by atoms with Crippen molar-refractivity contribution >= 4 is 34.8 Å². The Bertz CT molecular complexity index is 743. The molecule has 0 aliphatic carbocycles. The molecular weight excluding hydrogens is 334 g/mol. The van der Waals surface area contributed by atoms with E-state index in [0.717, 1.165) is 22.4 Å². The van der Waals surface area contributed by atoms with Gasteiger partial charge in [-0.15, -0.1) is 11.3 Å². The van der Waals surface area contributed by atoms with Crippen molar-refractivity contribution in [2.24, 2.45) is 0 Å². The number of halogens is 1. The molecule has 3 rings (SSSR count). The molecule has 0 fully saturated rings. The quantitative estimate of drug-likeness (QED) is 0.799. The molecular formula is C17H16ClNO3S. The standard InChI is InChI=1S/C17H16ClNO3S/c1-22-17(21)16-12-7-9-23-14(12)6-8-19(16)15(20)10-11-4-2-3-5-13(11)18/h2-5,7,9,16H,6,8,10H2,1H3. The molecule has 2 heterocycles. The molecule has 6 heteroatoms. The maximum atomic E-state index is 12.7. The molecule has 2 aromatic rings. The lowest BCUT2D eigenvalue weighted by Gasteiger charge is -2.34. The van der Waals surface area contributed by atoms with Crippen molar-refractivity contribution < 1.29 is 14.3 Å². The van der Waals surface area contributed by atoms with Crippen LogP contribution in [0.2, 0.25) is 5.02 Å². The van der Waals surface area contributed by atoms with Gasteiger partial charge in [0.25, 0.3) is 0 Å². The number of thiophene rings is 1. The molecule has 0 radical (unpaired) electrons. The maximum absolute atomic E-state index is 12.7. The van der Waals surface area contributed by atoms with E-state index in [1.165, 1.54) is 7.11 Å². The van der Waals surface area contributed by atoms with Crippen molar-refractivity contribution in [3.63, 3.8) is 0 Å². The molecule has 0 saturated heterocycles. The van der Waals surface area contributed by atoms with Crippen LogP contribution in [-0.2, 0) is 27.2 Å². The van der Waals surface area contributed by atoms with Crippen LogP contribution >= 0.6 is 22.9 Å². The van der Waals surface area contributed by atoms with E-state index in [9.17, 15) is 9.59 Å². The second kappa shape index (κ2) is 6.72. The molecule has 0 saturated carbocycles. The molecule has 1 atom stereocenters. The van der Waals surface area contributed by atoms with Crippen LogP contribution in [0.25, 0.3) is 0 Å². The Balaban J connectivity index is 1.87. The van der Waals surface area contributed by atoms with Crippen LogP contribution in [0.3, 0.4) is 0 Å². The summed E-state index contributed by atoms with van der Waals surface area (Å²) in [7, 11) is 1.35. The molecule has 120 valence electrons. The minimum atomic E-state index is -0.662. The first-order valence-corrected chi connectivity index (χ1v) is 8.54. The lowest BCUT2D eigenvalue weighted by Crippen LogP contribution is -2.44. The Kier molecular flexibility index (Phi) is 4.68. The molecule has 1 unspecified atom stereocenters. The largest absolute Gasteiger partial charge is 0.467 e. The second-order valence-corrected chi connectivity index (χ2v) is 6.74. The third kappa shape index (κ3) is 3.12. The Morgan fingerprint density at radius 1 is 1.35 bits per heavy atom. The van der Waals surface area contributed by atoms with E-state index in [1.807, 2.05) is 29.6 Å². The molecule has 0 bridgehead atoms. The third-order valence-corrected chi connectivity index (χ3v) is 5.38. The number of ether oxygens (including phenoxy) is 1. The Morgan fingerprint density at radius 3 is 2.87 bits per heavy atom. The molecule has 0 N–H and O–H groups in total. The number of methoxy groups -OCH3 is 1. The lowest BCUT2D eigenvalue weighted by molar-refractivity contribution is -0.153. The highest BCUT2D eigenvalue weighted by molar-refractivity contribution is 7.10. The van der Waals surface area contributed by atoms with Gasteiger partial charge < -0.3 is 9.64 Å². The van der Waals surface area contributed by atoms with E-state index in [2.05, 4.69) is 0 Å². The number of fused-ring (bicyclic) bond motifs is 1. The summed E-state index contributed by atoms with van der Waals surface area (Å²) in [5.74, 6) is -0.526. The number of rotatable bonds is 3. The Labute approximate surface area is 143 Å². The molecule has 4 nitrogen and oxygen atoms in total. The molecule has 1 aliphatic heterocycles. The average molecular weight is 350 g/mol. The summed E-state index contributed by atoms with van der Waals surface area (Å²) in [6.07, 6.45) is 0.932. The number of esters is 1. The van der Waals surface area contributed by atoms with Gasteiger partial charge in [0.1, 0.15) is 0 Å². The topological polar surface area (TPSA) is 46.6 Å². The average Bonchev–Trinajstić information content (AvgIpc) is 3.03. The van der Waals surface area contributed by atoms with E-state index in [1.54, 1.807) is 22.3 Å². The highest BCUT2D eigenvalue weighted by atomic mass is 35.5. The first-order valence-electron chi connectivity index (χ1n) is 7.28. The number of nitrogens with zero attached hydrogens (tertiary/aromatic N) is 1. The highest BCUT2D eigenvalue weighted by Gasteiger charge is 2.37. The monoisotopic (exact) mass is 349 g/mol. The van der Waals surface area contributed by atoms with Crippen molar-refractivity contribution in [1.82, 2.24) is 4.90 Å². The summed E-state index contributed by atoms with van der Waals surface area (Å²) in [4.78, 5) is 27.7. The van der Waals surface area contributed by atoms with Crippen molar-refractivity contribution in [1.29, 1.82) is 0 Å². The van der Waals surface area contributed by atoms with Crippen molar-refractivity contribution in [3.8, 4) is 0 Å². The number of benzene rings is 1.